The summed E-state index contributed by atoms with van der Waals surface area (Å²) in [6.07, 6.45) is 3.19. The number of rotatable bonds is 4. The van der Waals surface area contributed by atoms with Gasteiger partial charge in [0.2, 0.25) is 15.9 Å². The summed E-state index contributed by atoms with van der Waals surface area (Å²) in [6.45, 7) is 0.357. The first kappa shape index (κ1) is 14.8. The smallest absolute Gasteiger partial charge is 0.247 e. The molecular formula is C11H16N2O3S3. The van der Waals surface area contributed by atoms with Gasteiger partial charge in [0.1, 0.15) is 4.21 Å². The molecule has 1 aliphatic heterocycles. The van der Waals surface area contributed by atoms with E-state index in [1.807, 2.05) is 0 Å². The van der Waals surface area contributed by atoms with Gasteiger partial charge in [-0.3, -0.25) is 4.79 Å². The maximum Gasteiger partial charge on any atom is 0.247 e. The number of primary sulfonamides is 1. The van der Waals surface area contributed by atoms with Crippen molar-refractivity contribution in [1.82, 2.24) is 5.32 Å². The molecule has 2 rings (SSSR count). The molecule has 0 saturated carbocycles. The normalized spacial score (nSPS) is 20.2. The fourth-order valence-corrected chi connectivity index (χ4v) is 4.78. The zero-order valence-electron chi connectivity index (χ0n) is 10.3. The second-order valence-corrected chi connectivity index (χ2v) is 8.61. The lowest BCUT2D eigenvalue weighted by Gasteiger charge is -2.20. The highest BCUT2D eigenvalue weighted by atomic mass is 32.2. The average molecular weight is 320 g/mol. The monoisotopic (exact) mass is 320 g/mol. The summed E-state index contributed by atoms with van der Waals surface area (Å²) < 4.78 is 22.4. The van der Waals surface area contributed by atoms with Crippen molar-refractivity contribution in [3.8, 4) is 0 Å². The molecule has 0 aliphatic carbocycles. The van der Waals surface area contributed by atoms with Crippen LogP contribution in [-0.2, 0) is 21.4 Å². The van der Waals surface area contributed by atoms with Crippen LogP contribution in [0.1, 0.15) is 24.1 Å². The molecule has 5 nitrogen and oxygen atoms in total. The highest BCUT2D eigenvalue weighted by Crippen LogP contribution is 2.25. The summed E-state index contributed by atoms with van der Waals surface area (Å²) in [5.41, 5.74) is 0. The predicted octanol–water partition coefficient (Wildman–Crippen LogP) is 1.30. The Labute approximate surface area is 121 Å². The van der Waals surface area contributed by atoms with Gasteiger partial charge in [0.25, 0.3) is 0 Å². The van der Waals surface area contributed by atoms with Gasteiger partial charge in [-0.05, 0) is 30.7 Å². The van der Waals surface area contributed by atoms with E-state index in [-0.39, 0.29) is 15.4 Å². The van der Waals surface area contributed by atoms with Gasteiger partial charge in [0.05, 0.1) is 11.8 Å². The maximum absolute atomic E-state index is 11.9. The Balaban J connectivity index is 1.88. The highest BCUT2D eigenvalue weighted by molar-refractivity contribution is 8.00. The van der Waals surface area contributed by atoms with Crippen LogP contribution in [0.2, 0.25) is 0 Å². The van der Waals surface area contributed by atoms with Crippen LogP contribution >= 0.6 is 23.1 Å². The van der Waals surface area contributed by atoms with Crippen LogP contribution in [0.4, 0.5) is 0 Å². The maximum atomic E-state index is 11.9. The Morgan fingerprint density at radius 2 is 2.21 bits per heavy atom. The molecule has 1 aromatic heterocycles. The van der Waals surface area contributed by atoms with Gasteiger partial charge in [0.15, 0.2) is 0 Å². The number of carbonyl (C=O) groups excluding carboxylic acids is 1. The largest absolute Gasteiger partial charge is 0.350 e. The lowest BCUT2D eigenvalue weighted by molar-refractivity contribution is -0.120. The zero-order valence-corrected chi connectivity index (χ0v) is 12.7. The van der Waals surface area contributed by atoms with Crippen LogP contribution < -0.4 is 10.5 Å². The molecule has 3 N–H and O–H groups in total. The first-order valence-corrected chi connectivity index (χ1v) is 9.39. The molecule has 1 unspecified atom stereocenters. The van der Waals surface area contributed by atoms with Crippen molar-refractivity contribution < 1.29 is 13.2 Å². The number of sulfonamides is 1. The van der Waals surface area contributed by atoms with Crippen molar-refractivity contribution in [2.45, 2.75) is 35.3 Å². The van der Waals surface area contributed by atoms with Crippen LogP contribution in [0.5, 0.6) is 0 Å². The van der Waals surface area contributed by atoms with Crippen molar-refractivity contribution in [3.05, 3.63) is 17.0 Å². The zero-order chi connectivity index (χ0) is 13.9. The van der Waals surface area contributed by atoms with E-state index in [0.717, 1.165) is 34.8 Å². The number of hydrogen-bond donors (Lipinski definition) is 2. The van der Waals surface area contributed by atoms with Crippen LogP contribution in [-0.4, -0.2) is 25.3 Å². The Morgan fingerprint density at radius 1 is 1.42 bits per heavy atom. The third-order valence-electron chi connectivity index (χ3n) is 2.83. The quantitative estimate of drug-likeness (QED) is 0.875. The van der Waals surface area contributed by atoms with Gasteiger partial charge < -0.3 is 5.32 Å². The van der Waals surface area contributed by atoms with Crippen molar-refractivity contribution in [2.24, 2.45) is 5.14 Å². The molecule has 1 amide bonds. The molecule has 1 atom stereocenters. The van der Waals surface area contributed by atoms with E-state index in [1.54, 1.807) is 17.8 Å². The summed E-state index contributed by atoms with van der Waals surface area (Å²) >= 11 is 2.79. The summed E-state index contributed by atoms with van der Waals surface area (Å²) in [4.78, 5) is 12.7. The molecule has 2 heterocycles. The SMILES string of the molecule is NS(=O)(=O)c1ccc(CNC(=O)C2CCCCS2)s1. The molecule has 1 fully saturated rings. The molecule has 0 bridgehead atoms. The van der Waals surface area contributed by atoms with Gasteiger partial charge in [0, 0.05) is 4.88 Å². The first-order valence-electron chi connectivity index (χ1n) is 5.97. The predicted molar refractivity (Wildman–Crippen MR) is 77.6 cm³/mol. The van der Waals surface area contributed by atoms with Crippen molar-refractivity contribution in [1.29, 1.82) is 0 Å². The van der Waals surface area contributed by atoms with Gasteiger partial charge in [-0.1, -0.05) is 6.42 Å². The van der Waals surface area contributed by atoms with Gasteiger partial charge >= 0.3 is 0 Å². The summed E-state index contributed by atoms with van der Waals surface area (Å²) in [6, 6.07) is 3.15. The Bertz CT molecular complexity index is 547. The van der Waals surface area contributed by atoms with E-state index < -0.39 is 10.0 Å². The average Bonchev–Trinajstić information content (AvgIpc) is 2.86. The van der Waals surface area contributed by atoms with Crippen molar-refractivity contribution in [2.75, 3.05) is 5.75 Å². The van der Waals surface area contributed by atoms with E-state index in [9.17, 15) is 13.2 Å². The van der Waals surface area contributed by atoms with E-state index in [0.29, 0.717) is 6.54 Å². The third kappa shape index (κ3) is 4.20. The number of thioether (sulfide) groups is 1. The Kier molecular flexibility index (Phi) is 4.88. The van der Waals surface area contributed by atoms with Gasteiger partial charge in [-0.25, -0.2) is 13.6 Å². The fraction of sp³-hybridized carbons (Fsp3) is 0.545. The Hall–Kier alpha value is -0.570. The van der Waals surface area contributed by atoms with Crippen LogP contribution in [0, 0.1) is 0 Å². The van der Waals surface area contributed by atoms with E-state index in [4.69, 9.17) is 5.14 Å². The van der Waals surface area contributed by atoms with E-state index >= 15 is 0 Å². The van der Waals surface area contributed by atoms with Crippen molar-refractivity contribution in [3.63, 3.8) is 0 Å². The topological polar surface area (TPSA) is 89.3 Å². The van der Waals surface area contributed by atoms with Crippen LogP contribution in [0.3, 0.4) is 0 Å². The Morgan fingerprint density at radius 3 is 2.79 bits per heavy atom. The lowest BCUT2D eigenvalue weighted by atomic mass is 10.2. The molecular weight excluding hydrogens is 304 g/mol. The minimum atomic E-state index is -3.64. The number of carbonyl (C=O) groups is 1. The highest BCUT2D eigenvalue weighted by Gasteiger charge is 2.21. The van der Waals surface area contributed by atoms with Crippen molar-refractivity contribution >= 4 is 39.0 Å². The number of amides is 1. The summed E-state index contributed by atoms with van der Waals surface area (Å²) in [5, 5.41) is 7.92. The lowest BCUT2D eigenvalue weighted by Crippen LogP contribution is -2.33. The fourth-order valence-electron chi connectivity index (χ4n) is 1.84. The molecule has 19 heavy (non-hydrogen) atoms. The second kappa shape index (κ2) is 6.25. The second-order valence-electron chi connectivity index (χ2n) is 4.34. The van der Waals surface area contributed by atoms with Crippen LogP contribution in [0.25, 0.3) is 0 Å². The third-order valence-corrected chi connectivity index (χ3v) is 6.73. The molecule has 8 heteroatoms. The number of thiophene rings is 1. The summed E-state index contributed by atoms with van der Waals surface area (Å²) in [5.74, 6) is 1.07. The minimum absolute atomic E-state index is 0.0337. The minimum Gasteiger partial charge on any atom is -0.350 e. The standard InChI is InChI=1S/C11H16N2O3S3/c12-19(15,16)10-5-4-8(18-10)7-13-11(14)9-3-1-2-6-17-9/h4-5,9H,1-3,6-7H2,(H,13,14)(H2,12,15,16). The summed E-state index contributed by atoms with van der Waals surface area (Å²) in [7, 11) is -3.64. The molecule has 1 saturated heterocycles. The van der Waals surface area contributed by atoms with Crippen LogP contribution in [0.15, 0.2) is 16.3 Å². The molecule has 1 aromatic rings. The number of nitrogens with two attached hydrogens (primary N) is 1. The number of hydrogen-bond acceptors (Lipinski definition) is 5. The molecule has 106 valence electrons. The van der Waals surface area contributed by atoms with Gasteiger partial charge in [-0.15, -0.1) is 23.1 Å². The molecule has 1 aliphatic rings. The first-order chi connectivity index (χ1) is 8.97. The van der Waals surface area contributed by atoms with E-state index in [1.165, 1.54) is 12.5 Å². The molecule has 0 aromatic carbocycles. The molecule has 0 spiro atoms. The number of nitrogens with one attached hydrogen (secondary N) is 1. The van der Waals surface area contributed by atoms with Gasteiger partial charge in [-0.2, -0.15) is 0 Å². The van der Waals surface area contributed by atoms with E-state index in [2.05, 4.69) is 5.32 Å². The molecule has 0 radical (unpaired) electrons.